The molecule has 0 saturated heterocycles. The van der Waals surface area contributed by atoms with Gasteiger partial charge in [0.05, 0.1) is 11.3 Å². The third-order valence-corrected chi connectivity index (χ3v) is 4.39. The van der Waals surface area contributed by atoms with Gasteiger partial charge in [-0.05, 0) is 20.4 Å². The Balaban J connectivity index is 2.60. The molecule has 7 heteroatoms. The van der Waals surface area contributed by atoms with Gasteiger partial charge in [0.15, 0.2) is 0 Å². The minimum absolute atomic E-state index is 0.348. The first kappa shape index (κ1) is 14.1. The summed E-state index contributed by atoms with van der Waals surface area (Å²) in [6.45, 7) is 6.58. The van der Waals surface area contributed by atoms with Crippen LogP contribution in [0.15, 0.2) is 12.4 Å². The number of aromatic nitrogens is 2. The zero-order valence-corrected chi connectivity index (χ0v) is 11.2. The molecule has 0 bridgehead atoms. The number of nitrogens with zero attached hydrogens (tertiary/aromatic N) is 1. The Labute approximate surface area is 102 Å². The van der Waals surface area contributed by atoms with E-state index in [1.165, 1.54) is 0 Å². The van der Waals surface area contributed by atoms with Gasteiger partial charge in [0.1, 0.15) is 5.82 Å². The van der Waals surface area contributed by atoms with Crippen LogP contribution in [0.2, 0.25) is 0 Å². The second kappa shape index (κ2) is 6.13. The zero-order chi connectivity index (χ0) is 12.9. The van der Waals surface area contributed by atoms with Gasteiger partial charge < -0.3 is 10.3 Å². The van der Waals surface area contributed by atoms with Gasteiger partial charge in [-0.3, -0.25) is 0 Å². The van der Waals surface area contributed by atoms with E-state index in [4.69, 9.17) is 0 Å². The molecule has 0 aliphatic carbocycles. The van der Waals surface area contributed by atoms with Crippen molar-refractivity contribution in [2.45, 2.75) is 32.1 Å². The normalized spacial score (nSPS) is 15.7. The maximum absolute atomic E-state index is 11.9. The van der Waals surface area contributed by atoms with Crippen LogP contribution in [0.5, 0.6) is 0 Å². The van der Waals surface area contributed by atoms with Crippen LogP contribution in [0, 0.1) is 0 Å². The molecule has 0 radical (unpaired) electrons. The van der Waals surface area contributed by atoms with E-state index in [9.17, 15) is 8.42 Å². The van der Waals surface area contributed by atoms with Gasteiger partial charge >= 0.3 is 0 Å². The lowest BCUT2D eigenvalue weighted by Crippen LogP contribution is -2.40. The van der Waals surface area contributed by atoms with Gasteiger partial charge in [-0.2, -0.15) is 0 Å². The number of nitrogens with one attached hydrogen (secondary N) is 3. The van der Waals surface area contributed by atoms with Crippen LogP contribution in [0.25, 0.3) is 0 Å². The van der Waals surface area contributed by atoms with Gasteiger partial charge in [0, 0.05) is 18.9 Å². The number of sulfonamides is 1. The fraction of sp³-hybridized carbons (Fsp3) is 0.700. The summed E-state index contributed by atoms with van der Waals surface area (Å²) in [6, 6.07) is -0.348. The van der Waals surface area contributed by atoms with E-state index in [0.717, 1.165) is 6.54 Å². The summed E-state index contributed by atoms with van der Waals surface area (Å²) in [5.74, 6) is 0.615. The Morgan fingerprint density at radius 1 is 1.47 bits per heavy atom. The number of imidazole rings is 1. The van der Waals surface area contributed by atoms with E-state index in [2.05, 4.69) is 20.0 Å². The van der Waals surface area contributed by atoms with E-state index in [1.807, 2.05) is 6.92 Å². The van der Waals surface area contributed by atoms with Crippen LogP contribution < -0.4 is 10.0 Å². The average molecular weight is 260 g/mol. The first-order chi connectivity index (χ1) is 7.97. The highest BCUT2D eigenvalue weighted by Gasteiger charge is 2.23. The summed E-state index contributed by atoms with van der Waals surface area (Å²) < 4.78 is 26.5. The number of hydrogen-bond acceptors (Lipinski definition) is 4. The van der Waals surface area contributed by atoms with Crippen molar-refractivity contribution in [3.8, 4) is 0 Å². The molecular weight excluding hydrogens is 240 g/mol. The van der Waals surface area contributed by atoms with Gasteiger partial charge in [0.25, 0.3) is 0 Å². The monoisotopic (exact) mass is 260 g/mol. The highest BCUT2D eigenvalue weighted by atomic mass is 32.2. The molecule has 0 aliphatic rings. The second-order valence-electron chi connectivity index (χ2n) is 3.98. The summed E-state index contributed by atoms with van der Waals surface area (Å²) in [6.07, 6.45) is 3.27. The highest BCUT2D eigenvalue weighted by molar-refractivity contribution is 7.90. The van der Waals surface area contributed by atoms with Gasteiger partial charge in [-0.1, -0.05) is 6.92 Å². The largest absolute Gasteiger partial charge is 0.347 e. The van der Waals surface area contributed by atoms with Crippen LogP contribution in [0.1, 0.15) is 32.6 Å². The molecule has 1 aromatic rings. The molecule has 17 heavy (non-hydrogen) atoms. The van der Waals surface area contributed by atoms with Crippen molar-refractivity contribution in [3.63, 3.8) is 0 Å². The predicted molar refractivity (Wildman–Crippen MR) is 67.1 cm³/mol. The van der Waals surface area contributed by atoms with Crippen molar-refractivity contribution in [3.05, 3.63) is 18.2 Å². The molecule has 3 N–H and O–H groups in total. The van der Waals surface area contributed by atoms with Gasteiger partial charge in [-0.15, -0.1) is 0 Å². The minimum atomic E-state index is -3.33. The molecule has 0 amide bonds. The predicted octanol–water partition coefficient (Wildman–Crippen LogP) is 0.388. The molecule has 0 aromatic carbocycles. The number of H-pyrrole nitrogens is 1. The Morgan fingerprint density at radius 2 is 2.18 bits per heavy atom. The van der Waals surface area contributed by atoms with Gasteiger partial charge in [0.2, 0.25) is 10.0 Å². The Morgan fingerprint density at radius 3 is 2.71 bits per heavy atom. The topological polar surface area (TPSA) is 86.9 Å². The quantitative estimate of drug-likeness (QED) is 0.662. The fourth-order valence-corrected chi connectivity index (χ4v) is 2.56. The number of rotatable bonds is 7. The summed E-state index contributed by atoms with van der Waals surface area (Å²) in [5.41, 5.74) is 0. The SMILES string of the molecule is CCNCC(C)S(=O)(=O)NC(C)c1ncc[nH]1. The first-order valence-corrected chi connectivity index (χ1v) is 7.23. The Bertz CT molecular complexity index is 416. The molecule has 2 unspecified atom stereocenters. The standard InChI is InChI=1S/C10H20N4O2S/c1-4-11-7-8(2)17(15,16)14-9(3)10-12-5-6-13-10/h5-6,8-9,11,14H,4,7H2,1-3H3,(H,12,13). The van der Waals surface area contributed by atoms with E-state index in [-0.39, 0.29) is 6.04 Å². The maximum atomic E-state index is 11.9. The third kappa shape index (κ3) is 4.10. The molecule has 1 rings (SSSR count). The van der Waals surface area contributed by atoms with E-state index in [0.29, 0.717) is 12.4 Å². The number of hydrogen-bond donors (Lipinski definition) is 3. The van der Waals surface area contributed by atoms with Crippen molar-refractivity contribution >= 4 is 10.0 Å². The van der Waals surface area contributed by atoms with Crippen LogP contribution in [-0.4, -0.2) is 36.7 Å². The first-order valence-electron chi connectivity index (χ1n) is 5.68. The summed E-state index contributed by atoms with van der Waals surface area (Å²) in [7, 11) is -3.33. The smallest absolute Gasteiger partial charge is 0.216 e. The van der Waals surface area contributed by atoms with Crippen molar-refractivity contribution in [2.75, 3.05) is 13.1 Å². The molecule has 1 heterocycles. The third-order valence-electron chi connectivity index (χ3n) is 2.48. The van der Waals surface area contributed by atoms with Crippen LogP contribution in [-0.2, 0) is 10.0 Å². The van der Waals surface area contributed by atoms with Crippen LogP contribution >= 0.6 is 0 Å². The average Bonchev–Trinajstić information content (AvgIpc) is 2.78. The summed E-state index contributed by atoms with van der Waals surface area (Å²) in [4.78, 5) is 6.91. The molecule has 0 spiro atoms. The van der Waals surface area contributed by atoms with Gasteiger partial charge in [-0.25, -0.2) is 18.1 Å². The molecule has 1 aromatic heterocycles. The number of aromatic amines is 1. The molecule has 0 fully saturated rings. The van der Waals surface area contributed by atoms with Crippen molar-refractivity contribution in [1.29, 1.82) is 0 Å². The molecule has 2 atom stereocenters. The fourth-order valence-electron chi connectivity index (χ4n) is 1.39. The van der Waals surface area contributed by atoms with Crippen LogP contribution in [0.4, 0.5) is 0 Å². The van der Waals surface area contributed by atoms with Crippen molar-refractivity contribution < 1.29 is 8.42 Å². The highest BCUT2D eigenvalue weighted by Crippen LogP contribution is 2.09. The molecular formula is C10H20N4O2S. The summed E-state index contributed by atoms with van der Waals surface area (Å²) >= 11 is 0. The maximum Gasteiger partial charge on any atom is 0.216 e. The van der Waals surface area contributed by atoms with E-state index >= 15 is 0 Å². The van der Waals surface area contributed by atoms with Crippen molar-refractivity contribution in [1.82, 2.24) is 20.0 Å². The lowest BCUT2D eigenvalue weighted by molar-refractivity contribution is 0.542. The molecule has 6 nitrogen and oxygen atoms in total. The minimum Gasteiger partial charge on any atom is -0.347 e. The lowest BCUT2D eigenvalue weighted by atomic mass is 10.3. The summed E-state index contributed by atoms with van der Waals surface area (Å²) in [5, 5.41) is 2.55. The zero-order valence-electron chi connectivity index (χ0n) is 10.4. The lowest BCUT2D eigenvalue weighted by Gasteiger charge is -2.17. The van der Waals surface area contributed by atoms with Crippen molar-refractivity contribution in [2.24, 2.45) is 0 Å². The van der Waals surface area contributed by atoms with E-state index in [1.54, 1.807) is 26.2 Å². The molecule has 98 valence electrons. The van der Waals surface area contributed by atoms with Crippen LogP contribution in [0.3, 0.4) is 0 Å². The Kier molecular flexibility index (Phi) is 5.10. The molecule has 0 saturated carbocycles. The second-order valence-corrected chi connectivity index (χ2v) is 6.11. The van der Waals surface area contributed by atoms with E-state index < -0.39 is 15.3 Å². The molecule has 0 aliphatic heterocycles. The Hall–Kier alpha value is -0.920.